The lowest BCUT2D eigenvalue weighted by atomic mass is 9.65. The number of nitrogens with zero attached hydrogens (tertiary/aromatic N) is 4. The van der Waals surface area contributed by atoms with Gasteiger partial charge in [0.25, 0.3) is 5.91 Å². The molecule has 1 aliphatic heterocycles. The molecule has 3 N–H and O–H groups in total. The van der Waals surface area contributed by atoms with E-state index in [4.69, 9.17) is 4.99 Å². The van der Waals surface area contributed by atoms with Crippen molar-refractivity contribution in [2.45, 2.75) is 103 Å². The van der Waals surface area contributed by atoms with Crippen molar-refractivity contribution >= 4 is 17.6 Å². The normalized spacial score (nSPS) is 21.3. The van der Waals surface area contributed by atoms with Gasteiger partial charge < -0.3 is 21.0 Å². The zero-order valence-corrected chi connectivity index (χ0v) is 28.8. The molecule has 2 aliphatic rings. The van der Waals surface area contributed by atoms with Gasteiger partial charge in [0.2, 0.25) is 5.91 Å². The second-order valence-electron chi connectivity index (χ2n) is 12.6. The minimum absolute atomic E-state index is 0.0216. The van der Waals surface area contributed by atoms with Crippen LogP contribution in [0.3, 0.4) is 0 Å². The summed E-state index contributed by atoms with van der Waals surface area (Å²) in [5.74, 6) is 0.726. The van der Waals surface area contributed by atoms with Crippen LogP contribution >= 0.6 is 0 Å². The smallest absolute Gasteiger partial charge is 0.251 e. The van der Waals surface area contributed by atoms with E-state index in [2.05, 4.69) is 68.0 Å². The van der Waals surface area contributed by atoms with E-state index >= 15 is 0 Å². The minimum atomic E-state index is -0.637. The molecule has 9 heteroatoms. The molecule has 0 aromatic heterocycles. The number of carbonyl (C=O) groups excluding carboxylic acids is 2. The number of carbonyl (C=O) groups is 2. The lowest BCUT2D eigenvalue weighted by Gasteiger charge is -2.43. The molecule has 246 valence electrons. The second kappa shape index (κ2) is 16.7. The summed E-state index contributed by atoms with van der Waals surface area (Å²) in [5, 5.41) is 17.9. The Hall–Kier alpha value is -3.48. The van der Waals surface area contributed by atoms with Crippen molar-refractivity contribution in [3.8, 4) is 6.07 Å². The third-order valence-corrected chi connectivity index (χ3v) is 9.37. The number of rotatable bonds is 13. The first kappa shape index (κ1) is 36.0. The number of nitriles is 1. The molecule has 0 spiro atoms. The fourth-order valence-electron chi connectivity index (χ4n) is 6.95. The van der Waals surface area contributed by atoms with Gasteiger partial charge in [-0.25, -0.2) is 5.01 Å². The summed E-state index contributed by atoms with van der Waals surface area (Å²) in [5.41, 5.74) is 9.90. The summed E-state index contributed by atoms with van der Waals surface area (Å²) < 4.78 is 0. The monoisotopic (exact) mass is 617 g/mol. The van der Waals surface area contributed by atoms with Crippen LogP contribution in [0.1, 0.15) is 101 Å². The first-order valence-electron chi connectivity index (χ1n) is 16.7. The van der Waals surface area contributed by atoms with Gasteiger partial charge >= 0.3 is 0 Å². The SMILES string of the molecule is CCCC1=C(/C=C(\C)CC)CCc2cc(C(=O)NC)ccc2C1(CC(CC)NCC(=O)N1CCCC1C#N)C(=NC)NN(C)C. The van der Waals surface area contributed by atoms with Crippen molar-refractivity contribution in [3.05, 3.63) is 57.7 Å². The zero-order valence-electron chi connectivity index (χ0n) is 28.8. The Kier molecular flexibility index (Phi) is 13.4. The summed E-state index contributed by atoms with van der Waals surface area (Å²) in [4.78, 5) is 32.8. The molecule has 0 saturated carbocycles. The molecular weight excluding hydrogens is 562 g/mol. The van der Waals surface area contributed by atoms with Gasteiger partial charge in [-0.2, -0.15) is 5.26 Å². The van der Waals surface area contributed by atoms with Crippen LogP contribution in [0.4, 0.5) is 0 Å². The Balaban J connectivity index is 2.27. The number of likely N-dealkylation sites (tertiary alicyclic amines) is 1. The highest BCUT2D eigenvalue weighted by molar-refractivity contribution is 5.98. The van der Waals surface area contributed by atoms with Crippen LogP contribution in [0.2, 0.25) is 0 Å². The van der Waals surface area contributed by atoms with E-state index in [1.54, 1.807) is 11.9 Å². The van der Waals surface area contributed by atoms with E-state index in [-0.39, 0.29) is 30.4 Å². The van der Waals surface area contributed by atoms with Crippen LogP contribution in [0, 0.1) is 11.3 Å². The molecule has 1 fully saturated rings. The first-order chi connectivity index (χ1) is 21.6. The van der Waals surface area contributed by atoms with Gasteiger partial charge in [0.1, 0.15) is 11.9 Å². The molecule has 3 rings (SSSR count). The molecule has 1 aromatic rings. The first-order valence-corrected chi connectivity index (χ1v) is 16.7. The van der Waals surface area contributed by atoms with Crippen molar-refractivity contribution in [2.24, 2.45) is 4.99 Å². The molecule has 3 unspecified atom stereocenters. The van der Waals surface area contributed by atoms with Gasteiger partial charge in [-0.3, -0.25) is 14.6 Å². The van der Waals surface area contributed by atoms with Crippen LogP contribution < -0.4 is 16.1 Å². The van der Waals surface area contributed by atoms with Gasteiger partial charge in [-0.15, -0.1) is 0 Å². The van der Waals surface area contributed by atoms with E-state index in [9.17, 15) is 14.9 Å². The van der Waals surface area contributed by atoms with Gasteiger partial charge in [0.05, 0.1) is 18.0 Å². The van der Waals surface area contributed by atoms with Crippen LogP contribution in [-0.4, -0.2) is 80.9 Å². The Morgan fingerprint density at radius 3 is 2.60 bits per heavy atom. The van der Waals surface area contributed by atoms with Crippen LogP contribution in [-0.2, 0) is 16.6 Å². The van der Waals surface area contributed by atoms with E-state index in [0.717, 1.165) is 68.3 Å². The molecule has 0 bridgehead atoms. The standard InChI is InChI=1S/C36H55N7O2/c1-9-13-31-26(20-25(4)10-2)15-16-27-21-28(34(45)38-5)17-18-32(27)36(31,35(39-6)41-42(7)8)22-29(11-3)40-24-33(44)43-19-12-14-30(43)23-37/h17-18,20-21,29-30,40H,9-16,19,22,24H2,1-8H3,(H,38,45)(H,39,41)/b25-20+. The topological polar surface area (TPSA) is 113 Å². The Morgan fingerprint density at radius 2 is 2.00 bits per heavy atom. The van der Waals surface area contributed by atoms with Gasteiger partial charge in [0, 0.05) is 46.3 Å². The Labute approximate surface area is 271 Å². The maximum absolute atomic E-state index is 13.3. The largest absolute Gasteiger partial charge is 0.355 e. The predicted molar refractivity (Wildman–Crippen MR) is 183 cm³/mol. The number of amidine groups is 1. The van der Waals surface area contributed by atoms with Crippen molar-refractivity contribution in [1.82, 2.24) is 26.0 Å². The molecule has 2 amide bonds. The molecule has 3 atom stereocenters. The van der Waals surface area contributed by atoms with Gasteiger partial charge in [-0.1, -0.05) is 44.9 Å². The highest BCUT2D eigenvalue weighted by atomic mass is 16.2. The average Bonchev–Trinajstić information content (AvgIpc) is 3.49. The molecule has 1 aromatic carbocycles. The van der Waals surface area contributed by atoms with Crippen molar-refractivity contribution in [3.63, 3.8) is 0 Å². The fourth-order valence-corrected chi connectivity index (χ4v) is 6.95. The van der Waals surface area contributed by atoms with Crippen LogP contribution in [0.5, 0.6) is 0 Å². The number of hydrazine groups is 1. The molecule has 45 heavy (non-hydrogen) atoms. The number of benzene rings is 1. The number of amides is 2. The third kappa shape index (κ3) is 8.22. The lowest BCUT2D eigenvalue weighted by molar-refractivity contribution is -0.130. The highest BCUT2D eigenvalue weighted by Gasteiger charge is 2.46. The number of allylic oxidation sites excluding steroid dienone is 3. The number of hydrogen-bond donors (Lipinski definition) is 3. The number of aryl methyl sites for hydroxylation is 1. The van der Waals surface area contributed by atoms with Crippen LogP contribution in [0.25, 0.3) is 0 Å². The van der Waals surface area contributed by atoms with E-state index in [1.807, 2.05) is 32.2 Å². The van der Waals surface area contributed by atoms with Crippen molar-refractivity contribution in [1.29, 1.82) is 5.26 Å². The van der Waals surface area contributed by atoms with Gasteiger partial charge in [-0.05, 0) is 92.7 Å². The predicted octanol–water partition coefficient (Wildman–Crippen LogP) is 5.05. The third-order valence-electron chi connectivity index (χ3n) is 9.37. The molecule has 0 radical (unpaired) electrons. The fraction of sp³-hybridized carbons (Fsp3) is 0.611. The number of nitrogens with one attached hydrogen (secondary N) is 3. The van der Waals surface area contributed by atoms with E-state index in [1.165, 1.54) is 16.7 Å². The summed E-state index contributed by atoms with van der Waals surface area (Å²) in [6, 6.07) is 8.06. The maximum Gasteiger partial charge on any atom is 0.251 e. The number of fused-ring (bicyclic) bond motifs is 1. The molecule has 1 saturated heterocycles. The van der Waals surface area contributed by atoms with Crippen molar-refractivity contribution < 1.29 is 9.59 Å². The summed E-state index contributed by atoms with van der Waals surface area (Å²) in [6.07, 6.45) is 9.97. The summed E-state index contributed by atoms with van der Waals surface area (Å²) in [6.45, 7) is 9.59. The molecular formula is C36H55N7O2. The highest BCUT2D eigenvalue weighted by Crippen LogP contribution is 2.47. The zero-order chi connectivity index (χ0) is 33.1. The molecule has 1 heterocycles. The summed E-state index contributed by atoms with van der Waals surface area (Å²) >= 11 is 0. The van der Waals surface area contributed by atoms with E-state index in [0.29, 0.717) is 18.5 Å². The Bertz CT molecular complexity index is 1340. The van der Waals surface area contributed by atoms with Crippen LogP contribution in [0.15, 0.2) is 46.0 Å². The van der Waals surface area contributed by atoms with Crippen molar-refractivity contribution in [2.75, 3.05) is 41.3 Å². The maximum atomic E-state index is 13.3. The van der Waals surface area contributed by atoms with E-state index < -0.39 is 5.41 Å². The molecule has 9 nitrogen and oxygen atoms in total. The average molecular weight is 618 g/mol. The second-order valence-corrected chi connectivity index (χ2v) is 12.6. The summed E-state index contributed by atoms with van der Waals surface area (Å²) in [7, 11) is 7.47. The molecule has 1 aliphatic carbocycles. The number of aliphatic imine (C=N–C) groups is 1. The lowest BCUT2D eigenvalue weighted by Crippen LogP contribution is -2.54. The van der Waals surface area contributed by atoms with Gasteiger partial charge in [0.15, 0.2) is 0 Å². The minimum Gasteiger partial charge on any atom is -0.355 e. The quantitative estimate of drug-likeness (QED) is 0.162. The Morgan fingerprint density at radius 1 is 1.24 bits per heavy atom. The number of hydrogen-bond acceptors (Lipinski definition) is 6.